The van der Waals surface area contributed by atoms with Crippen molar-refractivity contribution in [2.45, 2.75) is 37.4 Å². The van der Waals surface area contributed by atoms with E-state index in [0.717, 1.165) is 0 Å². The predicted octanol–water partition coefficient (Wildman–Crippen LogP) is 1.77. The minimum Gasteiger partial charge on any atom is -0.341 e. The van der Waals surface area contributed by atoms with E-state index < -0.39 is 8.07 Å². The molecular formula is C10H16BrNOSi. The van der Waals surface area contributed by atoms with E-state index in [2.05, 4.69) is 52.4 Å². The normalized spacial score (nSPS) is 28.2. The van der Waals surface area contributed by atoms with Gasteiger partial charge in [0.2, 0.25) is 5.91 Å². The van der Waals surface area contributed by atoms with Gasteiger partial charge in [-0.25, -0.2) is 0 Å². The number of hydrogen-bond donors (Lipinski definition) is 1. The molecular weight excluding hydrogens is 258 g/mol. The van der Waals surface area contributed by atoms with Gasteiger partial charge in [0, 0.05) is 4.83 Å². The molecule has 3 unspecified atom stereocenters. The zero-order valence-corrected chi connectivity index (χ0v) is 11.6. The van der Waals surface area contributed by atoms with Gasteiger partial charge >= 0.3 is 0 Å². The van der Waals surface area contributed by atoms with Gasteiger partial charge in [-0.2, -0.15) is 0 Å². The number of alkyl halides is 1. The Morgan fingerprint density at radius 3 is 2.43 bits per heavy atom. The van der Waals surface area contributed by atoms with Crippen LogP contribution in [0, 0.1) is 17.4 Å². The van der Waals surface area contributed by atoms with Crippen LogP contribution in [-0.4, -0.2) is 24.9 Å². The summed E-state index contributed by atoms with van der Waals surface area (Å²) in [4.78, 5) is 11.4. The molecule has 0 aromatic heterocycles. The average molecular weight is 274 g/mol. The van der Waals surface area contributed by atoms with E-state index in [-0.39, 0.29) is 22.7 Å². The van der Waals surface area contributed by atoms with E-state index in [4.69, 9.17) is 0 Å². The molecule has 0 radical (unpaired) electrons. The summed E-state index contributed by atoms with van der Waals surface area (Å²) in [6.07, 6.45) is 0. The maximum atomic E-state index is 11.2. The molecule has 1 saturated heterocycles. The molecule has 4 heteroatoms. The van der Waals surface area contributed by atoms with Gasteiger partial charge in [-0.05, 0) is 0 Å². The Morgan fingerprint density at radius 1 is 1.50 bits per heavy atom. The first-order valence-electron chi connectivity index (χ1n) is 4.78. The highest BCUT2D eigenvalue weighted by Gasteiger charge is 2.41. The lowest BCUT2D eigenvalue weighted by Crippen LogP contribution is -2.60. The smallest absolute Gasteiger partial charge is 0.228 e. The number of hydrogen-bond acceptors (Lipinski definition) is 1. The molecule has 3 atom stereocenters. The highest BCUT2D eigenvalue weighted by atomic mass is 79.9. The van der Waals surface area contributed by atoms with Crippen molar-refractivity contribution in [2.24, 2.45) is 5.92 Å². The number of carbonyl (C=O) groups is 1. The molecule has 1 aliphatic heterocycles. The fourth-order valence-electron chi connectivity index (χ4n) is 1.29. The second kappa shape index (κ2) is 4.07. The zero-order chi connectivity index (χ0) is 10.9. The molecule has 0 saturated carbocycles. The first kappa shape index (κ1) is 11.8. The molecule has 1 rings (SSSR count). The van der Waals surface area contributed by atoms with Gasteiger partial charge in [0.25, 0.3) is 0 Å². The summed E-state index contributed by atoms with van der Waals surface area (Å²) in [7, 11) is -1.32. The van der Waals surface area contributed by atoms with Crippen LogP contribution in [0.3, 0.4) is 0 Å². The first-order chi connectivity index (χ1) is 6.31. The quantitative estimate of drug-likeness (QED) is 0.336. The lowest BCUT2D eigenvalue weighted by molar-refractivity contribution is -0.132. The van der Waals surface area contributed by atoms with Crippen LogP contribution in [0.5, 0.6) is 0 Å². The standard InChI is InChI=1S/C10H16BrNOSi/c1-7(11)9-8(12-10(9)13)5-6-14(2,3)4/h7-9H,1-4H3,(H,12,13). The van der Waals surface area contributed by atoms with E-state index in [0.29, 0.717) is 0 Å². The lowest BCUT2D eigenvalue weighted by Gasteiger charge is -2.35. The van der Waals surface area contributed by atoms with Crippen molar-refractivity contribution < 1.29 is 4.79 Å². The number of halogens is 1. The molecule has 1 heterocycles. The van der Waals surface area contributed by atoms with Crippen LogP contribution in [-0.2, 0) is 4.79 Å². The van der Waals surface area contributed by atoms with Crippen molar-refractivity contribution >= 4 is 29.9 Å². The number of amides is 1. The predicted molar refractivity (Wildman–Crippen MR) is 64.9 cm³/mol. The van der Waals surface area contributed by atoms with Gasteiger partial charge in [-0.1, -0.05) is 48.4 Å². The molecule has 78 valence electrons. The average Bonchev–Trinajstić information content (AvgIpc) is 1.93. The van der Waals surface area contributed by atoms with Crippen molar-refractivity contribution in [3.63, 3.8) is 0 Å². The Bertz CT molecular complexity index is 297. The summed E-state index contributed by atoms with van der Waals surface area (Å²) in [5.41, 5.74) is 3.28. The van der Waals surface area contributed by atoms with Crippen molar-refractivity contribution in [2.75, 3.05) is 0 Å². The molecule has 0 aliphatic carbocycles. The first-order valence-corrected chi connectivity index (χ1v) is 9.20. The summed E-state index contributed by atoms with van der Waals surface area (Å²) in [5.74, 6) is 3.31. The van der Waals surface area contributed by atoms with Crippen LogP contribution in [0.1, 0.15) is 6.92 Å². The third-order valence-electron chi connectivity index (χ3n) is 2.06. The second-order valence-electron chi connectivity index (χ2n) is 4.71. The third-order valence-corrected chi connectivity index (χ3v) is 3.52. The van der Waals surface area contributed by atoms with Gasteiger partial charge in [0.1, 0.15) is 14.1 Å². The SMILES string of the molecule is CC(Br)C1C(=O)NC1C#C[Si](C)(C)C. The zero-order valence-electron chi connectivity index (χ0n) is 9.02. The molecule has 0 aromatic rings. The molecule has 1 amide bonds. The fourth-order valence-corrected chi connectivity index (χ4v) is 2.42. The summed E-state index contributed by atoms with van der Waals surface area (Å²) < 4.78 is 0. The fraction of sp³-hybridized carbons (Fsp3) is 0.700. The lowest BCUT2D eigenvalue weighted by atomic mass is 9.89. The van der Waals surface area contributed by atoms with E-state index in [1.165, 1.54) is 0 Å². The van der Waals surface area contributed by atoms with Crippen LogP contribution in [0.2, 0.25) is 19.6 Å². The van der Waals surface area contributed by atoms with E-state index in [9.17, 15) is 4.79 Å². The van der Waals surface area contributed by atoms with Gasteiger partial charge < -0.3 is 5.32 Å². The maximum Gasteiger partial charge on any atom is 0.228 e. The summed E-state index contributed by atoms with van der Waals surface area (Å²) in [6.45, 7) is 8.60. The van der Waals surface area contributed by atoms with Crippen LogP contribution >= 0.6 is 15.9 Å². The minimum absolute atomic E-state index is 0.0267. The largest absolute Gasteiger partial charge is 0.341 e. The summed E-state index contributed by atoms with van der Waals surface area (Å²) in [6, 6.07) is 0.0589. The van der Waals surface area contributed by atoms with Gasteiger partial charge in [-0.15, -0.1) is 5.54 Å². The highest BCUT2D eigenvalue weighted by molar-refractivity contribution is 9.09. The summed E-state index contributed by atoms with van der Waals surface area (Å²) >= 11 is 3.44. The van der Waals surface area contributed by atoms with E-state index in [1.54, 1.807) is 0 Å². The highest BCUT2D eigenvalue weighted by Crippen LogP contribution is 2.23. The van der Waals surface area contributed by atoms with Crippen molar-refractivity contribution in [1.29, 1.82) is 0 Å². The number of nitrogens with one attached hydrogen (secondary N) is 1. The van der Waals surface area contributed by atoms with Gasteiger partial charge in [0.15, 0.2) is 0 Å². The van der Waals surface area contributed by atoms with Crippen LogP contribution in [0.25, 0.3) is 0 Å². The van der Waals surface area contributed by atoms with Crippen molar-refractivity contribution in [1.82, 2.24) is 5.32 Å². The second-order valence-corrected chi connectivity index (χ2v) is 10.9. The Balaban J connectivity index is 2.63. The van der Waals surface area contributed by atoms with Crippen molar-refractivity contribution in [3.8, 4) is 11.5 Å². The molecule has 0 bridgehead atoms. The summed E-state index contributed by atoms with van der Waals surface area (Å²) in [5, 5.41) is 2.83. The van der Waals surface area contributed by atoms with Crippen LogP contribution in [0.4, 0.5) is 0 Å². The number of β-lactam (4-membered cyclic amide) rings is 1. The van der Waals surface area contributed by atoms with E-state index in [1.807, 2.05) is 6.92 Å². The molecule has 1 fully saturated rings. The van der Waals surface area contributed by atoms with Crippen LogP contribution < -0.4 is 5.32 Å². The Kier molecular flexibility index (Phi) is 3.43. The van der Waals surface area contributed by atoms with Gasteiger partial charge in [-0.3, -0.25) is 4.79 Å². The Hall–Kier alpha value is -0.273. The minimum atomic E-state index is -1.32. The monoisotopic (exact) mass is 273 g/mol. The molecule has 0 spiro atoms. The Morgan fingerprint density at radius 2 is 2.07 bits per heavy atom. The van der Waals surface area contributed by atoms with E-state index >= 15 is 0 Å². The number of rotatable bonds is 1. The topological polar surface area (TPSA) is 29.1 Å². The molecule has 1 aliphatic rings. The molecule has 0 aromatic carbocycles. The molecule has 2 nitrogen and oxygen atoms in total. The maximum absolute atomic E-state index is 11.2. The molecule has 14 heavy (non-hydrogen) atoms. The Labute approximate surface area is 95.0 Å². The third kappa shape index (κ3) is 2.86. The van der Waals surface area contributed by atoms with Crippen LogP contribution in [0.15, 0.2) is 0 Å². The van der Waals surface area contributed by atoms with Gasteiger partial charge in [0.05, 0.1) is 5.92 Å². The number of carbonyl (C=O) groups excluding carboxylic acids is 1. The molecule has 1 N–H and O–H groups in total. The van der Waals surface area contributed by atoms with Crippen molar-refractivity contribution in [3.05, 3.63) is 0 Å².